The molecule has 1 nitrogen and oxygen atoms in total. The molecule has 0 saturated heterocycles. The first-order chi connectivity index (χ1) is 5.43. The van der Waals surface area contributed by atoms with Gasteiger partial charge < -0.3 is 5.11 Å². The molecule has 1 N–H and O–H groups in total. The topological polar surface area (TPSA) is 20.2 Å². The minimum atomic E-state index is 0.111. The fourth-order valence-corrected chi connectivity index (χ4v) is 1.32. The maximum Gasteiger partial charge on any atom is 0.0620 e. The van der Waals surface area contributed by atoms with E-state index in [0.717, 1.165) is 0 Å². The molecule has 1 rings (SSSR count). The van der Waals surface area contributed by atoms with Gasteiger partial charge in [0.2, 0.25) is 0 Å². The van der Waals surface area contributed by atoms with E-state index in [1.54, 1.807) is 17.8 Å². The lowest BCUT2D eigenvalue weighted by Gasteiger charge is -1.92. The van der Waals surface area contributed by atoms with Gasteiger partial charge in [-0.1, -0.05) is 36.0 Å². The summed E-state index contributed by atoms with van der Waals surface area (Å²) in [5.74, 6) is 0. The molecule has 1 aromatic carbocycles. The predicted octanol–water partition coefficient (Wildman–Crippen LogP) is 2.28. The molecular weight excluding hydrogens is 156 g/mol. The van der Waals surface area contributed by atoms with Crippen LogP contribution in [-0.4, -0.2) is 11.7 Å². The molecule has 0 fully saturated rings. The van der Waals surface area contributed by atoms with Crippen LogP contribution < -0.4 is 0 Å². The Labute approximate surface area is 70.8 Å². The number of benzene rings is 1. The first-order valence-corrected chi connectivity index (χ1v) is 4.29. The highest BCUT2D eigenvalue weighted by atomic mass is 32.2. The number of aliphatic hydroxyl groups is 1. The van der Waals surface area contributed by atoms with E-state index < -0.39 is 0 Å². The smallest absolute Gasteiger partial charge is 0.0620 e. The third kappa shape index (κ3) is 3.25. The number of rotatable bonds is 3. The van der Waals surface area contributed by atoms with Gasteiger partial charge in [0.05, 0.1) is 6.61 Å². The van der Waals surface area contributed by atoms with Gasteiger partial charge in [0.25, 0.3) is 0 Å². The Hall–Kier alpha value is -0.730. The van der Waals surface area contributed by atoms with E-state index in [1.165, 1.54) is 4.90 Å². The molecule has 11 heavy (non-hydrogen) atoms. The third-order valence-corrected chi connectivity index (χ3v) is 2.02. The van der Waals surface area contributed by atoms with E-state index >= 15 is 0 Å². The van der Waals surface area contributed by atoms with Crippen LogP contribution in [0, 0.1) is 0 Å². The predicted molar refractivity (Wildman–Crippen MR) is 48.5 cm³/mol. The molecule has 0 amide bonds. The molecule has 1 aromatic rings. The van der Waals surface area contributed by atoms with E-state index in [0.29, 0.717) is 0 Å². The Morgan fingerprint density at radius 3 is 2.64 bits per heavy atom. The van der Waals surface area contributed by atoms with Gasteiger partial charge in [-0.15, -0.1) is 0 Å². The van der Waals surface area contributed by atoms with Crippen LogP contribution in [0.25, 0.3) is 0 Å². The largest absolute Gasteiger partial charge is 0.392 e. The second kappa shape index (κ2) is 4.99. The van der Waals surface area contributed by atoms with Gasteiger partial charge in [0, 0.05) is 4.90 Å². The maximum atomic E-state index is 8.44. The van der Waals surface area contributed by atoms with Crippen molar-refractivity contribution >= 4 is 11.8 Å². The summed E-state index contributed by atoms with van der Waals surface area (Å²) in [5, 5.41) is 10.3. The van der Waals surface area contributed by atoms with Crippen LogP contribution in [0.3, 0.4) is 0 Å². The summed E-state index contributed by atoms with van der Waals surface area (Å²) in [6.45, 7) is 0.111. The summed E-state index contributed by atoms with van der Waals surface area (Å²) < 4.78 is 0. The van der Waals surface area contributed by atoms with Crippen LogP contribution in [0.4, 0.5) is 0 Å². The standard InChI is InChI=1S/C9H10OS/c10-7-4-8-11-9-5-2-1-3-6-9/h1-6,8,10H,7H2/b8-4+. The molecule has 0 saturated carbocycles. The van der Waals surface area contributed by atoms with Crippen LogP contribution >= 0.6 is 11.8 Å². The highest BCUT2D eigenvalue weighted by Gasteiger charge is 1.84. The Balaban J connectivity index is 2.45. The monoisotopic (exact) mass is 166 g/mol. The van der Waals surface area contributed by atoms with Gasteiger partial charge in [0.1, 0.15) is 0 Å². The van der Waals surface area contributed by atoms with Gasteiger partial charge in [-0.3, -0.25) is 0 Å². The molecule has 0 unspecified atom stereocenters. The van der Waals surface area contributed by atoms with E-state index in [2.05, 4.69) is 0 Å². The Morgan fingerprint density at radius 2 is 2.00 bits per heavy atom. The minimum absolute atomic E-state index is 0.111. The average Bonchev–Trinajstić information content (AvgIpc) is 2.07. The highest BCUT2D eigenvalue weighted by molar-refractivity contribution is 8.02. The molecule has 0 aromatic heterocycles. The first-order valence-electron chi connectivity index (χ1n) is 3.41. The summed E-state index contributed by atoms with van der Waals surface area (Å²) in [6.07, 6.45) is 1.72. The van der Waals surface area contributed by atoms with E-state index in [-0.39, 0.29) is 6.61 Å². The van der Waals surface area contributed by atoms with Crippen LogP contribution in [0.2, 0.25) is 0 Å². The van der Waals surface area contributed by atoms with Crippen molar-refractivity contribution < 1.29 is 5.11 Å². The normalized spacial score (nSPS) is 10.6. The van der Waals surface area contributed by atoms with Crippen LogP contribution in [-0.2, 0) is 0 Å². The van der Waals surface area contributed by atoms with Crippen LogP contribution in [0.15, 0.2) is 46.7 Å². The Kier molecular flexibility index (Phi) is 3.80. The van der Waals surface area contributed by atoms with E-state index in [4.69, 9.17) is 5.11 Å². The number of hydrogen-bond donors (Lipinski definition) is 1. The number of hydrogen-bond acceptors (Lipinski definition) is 2. The van der Waals surface area contributed by atoms with Crippen molar-refractivity contribution in [3.05, 3.63) is 41.8 Å². The maximum absolute atomic E-state index is 8.44. The fraction of sp³-hybridized carbons (Fsp3) is 0.111. The SMILES string of the molecule is OC/C=C/Sc1ccccc1. The summed E-state index contributed by atoms with van der Waals surface area (Å²) in [6, 6.07) is 10.0. The summed E-state index contributed by atoms with van der Waals surface area (Å²) >= 11 is 1.60. The zero-order valence-corrected chi connectivity index (χ0v) is 6.92. The van der Waals surface area contributed by atoms with Crippen molar-refractivity contribution in [1.29, 1.82) is 0 Å². The molecular formula is C9H10OS. The quantitative estimate of drug-likeness (QED) is 0.695. The molecule has 0 radical (unpaired) electrons. The van der Waals surface area contributed by atoms with Crippen LogP contribution in [0.5, 0.6) is 0 Å². The van der Waals surface area contributed by atoms with E-state index in [9.17, 15) is 0 Å². The summed E-state index contributed by atoms with van der Waals surface area (Å²) in [5.41, 5.74) is 0. The molecule has 0 aliphatic carbocycles. The van der Waals surface area contributed by atoms with Crippen molar-refractivity contribution in [2.75, 3.05) is 6.61 Å². The molecule has 0 heterocycles. The Morgan fingerprint density at radius 1 is 1.27 bits per heavy atom. The molecule has 2 heteroatoms. The zero-order chi connectivity index (χ0) is 7.94. The summed E-state index contributed by atoms with van der Waals surface area (Å²) in [7, 11) is 0. The first kappa shape index (κ1) is 8.37. The minimum Gasteiger partial charge on any atom is -0.392 e. The van der Waals surface area contributed by atoms with Gasteiger partial charge in [0.15, 0.2) is 0 Å². The van der Waals surface area contributed by atoms with Crippen LogP contribution in [0.1, 0.15) is 0 Å². The molecule has 0 aliphatic rings. The van der Waals surface area contributed by atoms with Gasteiger partial charge >= 0.3 is 0 Å². The van der Waals surface area contributed by atoms with Crippen molar-refractivity contribution in [3.8, 4) is 0 Å². The fourth-order valence-electron chi connectivity index (χ4n) is 0.669. The van der Waals surface area contributed by atoms with Crippen molar-refractivity contribution in [2.45, 2.75) is 4.90 Å². The Bertz CT molecular complexity index is 218. The molecule has 0 bridgehead atoms. The average molecular weight is 166 g/mol. The second-order valence-corrected chi connectivity index (χ2v) is 2.96. The zero-order valence-electron chi connectivity index (χ0n) is 6.10. The molecule has 58 valence electrons. The van der Waals surface area contributed by atoms with E-state index in [1.807, 2.05) is 35.7 Å². The second-order valence-electron chi connectivity index (χ2n) is 1.99. The third-order valence-electron chi connectivity index (χ3n) is 1.15. The number of thioether (sulfide) groups is 1. The highest BCUT2D eigenvalue weighted by Crippen LogP contribution is 2.17. The molecule has 0 spiro atoms. The van der Waals surface area contributed by atoms with Crippen molar-refractivity contribution in [2.24, 2.45) is 0 Å². The summed E-state index contributed by atoms with van der Waals surface area (Å²) in [4.78, 5) is 1.19. The van der Waals surface area contributed by atoms with Gasteiger partial charge in [-0.05, 0) is 17.5 Å². The molecule has 0 atom stereocenters. The van der Waals surface area contributed by atoms with Crippen molar-refractivity contribution in [1.82, 2.24) is 0 Å². The van der Waals surface area contributed by atoms with Gasteiger partial charge in [-0.2, -0.15) is 0 Å². The lowest BCUT2D eigenvalue weighted by Crippen LogP contribution is -1.69. The number of aliphatic hydroxyl groups excluding tert-OH is 1. The van der Waals surface area contributed by atoms with Crippen molar-refractivity contribution in [3.63, 3.8) is 0 Å². The lowest BCUT2D eigenvalue weighted by atomic mass is 10.4. The molecule has 0 aliphatic heterocycles. The lowest BCUT2D eigenvalue weighted by molar-refractivity contribution is 0.343. The van der Waals surface area contributed by atoms with Gasteiger partial charge in [-0.25, -0.2) is 0 Å².